The molecule has 132 valence electrons. The lowest BCUT2D eigenvalue weighted by Gasteiger charge is -2.38. The maximum atomic E-state index is 13.5. The van der Waals surface area contributed by atoms with Crippen LogP contribution in [0.15, 0.2) is 18.2 Å². The molecule has 0 spiro atoms. The molecule has 1 aromatic rings. The summed E-state index contributed by atoms with van der Waals surface area (Å²) in [7, 11) is 0. The molecule has 2 N–H and O–H groups in total. The van der Waals surface area contributed by atoms with Gasteiger partial charge < -0.3 is 15.5 Å². The molecule has 1 saturated heterocycles. The molecular formula is C19H28FN3O. The Morgan fingerprint density at radius 3 is 2.38 bits per heavy atom. The predicted molar refractivity (Wildman–Crippen MR) is 95.8 cm³/mol. The number of halogens is 1. The van der Waals surface area contributed by atoms with Gasteiger partial charge in [-0.3, -0.25) is 4.79 Å². The molecule has 0 aromatic heterocycles. The summed E-state index contributed by atoms with van der Waals surface area (Å²) in [5.74, 6) is -0.287. The minimum atomic E-state index is -0.287. The molecule has 1 aliphatic heterocycles. The third kappa shape index (κ3) is 4.47. The molecule has 1 aliphatic carbocycles. The Hall–Kier alpha value is -1.62. The van der Waals surface area contributed by atoms with E-state index in [1.54, 1.807) is 6.07 Å². The zero-order valence-electron chi connectivity index (χ0n) is 14.3. The van der Waals surface area contributed by atoms with Crippen molar-refractivity contribution in [3.8, 4) is 0 Å². The summed E-state index contributed by atoms with van der Waals surface area (Å²) < 4.78 is 13.5. The number of hydrogen-bond acceptors (Lipinski definition) is 3. The molecule has 24 heavy (non-hydrogen) atoms. The maximum absolute atomic E-state index is 13.5. The van der Waals surface area contributed by atoms with E-state index in [1.807, 2.05) is 0 Å². The highest BCUT2D eigenvalue weighted by molar-refractivity contribution is 5.80. The van der Waals surface area contributed by atoms with E-state index in [9.17, 15) is 9.18 Å². The average molecular weight is 333 g/mol. The normalized spacial score (nSPS) is 21.2. The van der Waals surface area contributed by atoms with E-state index in [0.29, 0.717) is 23.8 Å². The van der Waals surface area contributed by atoms with Gasteiger partial charge >= 0.3 is 0 Å². The first-order valence-corrected chi connectivity index (χ1v) is 9.26. The molecule has 1 heterocycles. The van der Waals surface area contributed by atoms with E-state index in [1.165, 1.54) is 50.7 Å². The number of likely N-dealkylation sites (tertiary alicyclic amines) is 1. The van der Waals surface area contributed by atoms with Gasteiger partial charge in [-0.2, -0.15) is 0 Å². The van der Waals surface area contributed by atoms with Gasteiger partial charge in [-0.25, -0.2) is 4.39 Å². The number of benzene rings is 1. The molecule has 5 heteroatoms. The molecule has 0 bridgehead atoms. The Labute approximate surface area is 143 Å². The second-order valence-corrected chi connectivity index (χ2v) is 7.05. The molecule has 0 atom stereocenters. The van der Waals surface area contributed by atoms with Gasteiger partial charge in [-0.15, -0.1) is 0 Å². The molecule has 0 radical (unpaired) electrons. The molecule has 0 unspecified atom stereocenters. The Kier molecular flexibility index (Phi) is 6.07. The zero-order chi connectivity index (χ0) is 16.8. The van der Waals surface area contributed by atoms with Crippen molar-refractivity contribution in [2.45, 2.75) is 63.5 Å². The number of hydrogen-bond donors (Lipinski definition) is 2. The van der Waals surface area contributed by atoms with Crippen LogP contribution in [0.3, 0.4) is 0 Å². The highest BCUT2D eigenvalue weighted by Crippen LogP contribution is 2.28. The SMILES string of the molecule is O=CNc1ccc(F)cc1NC1CCN(C2CCCCCC2)CC1. The molecule has 1 saturated carbocycles. The number of carbonyl (C=O) groups excluding carboxylic acids is 1. The van der Waals surface area contributed by atoms with Crippen LogP contribution in [-0.4, -0.2) is 36.5 Å². The Morgan fingerprint density at radius 2 is 1.71 bits per heavy atom. The standard InChI is InChI=1S/C19H28FN3O/c20-15-7-8-18(21-14-24)19(13-15)22-16-9-11-23(12-10-16)17-5-3-1-2-4-6-17/h7-8,13-14,16-17,22H,1-6,9-12H2,(H,21,24). The molecule has 3 rings (SSSR count). The monoisotopic (exact) mass is 333 g/mol. The summed E-state index contributed by atoms with van der Waals surface area (Å²) >= 11 is 0. The van der Waals surface area contributed by atoms with Crippen LogP contribution < -0.4 is 10.6 Å². The van der Waals surface area contributed by atoms with E-state index in [-0.39, 0.29) is 5.82 Å². The molecule has 4 nitrogen and oxygen atoms in total. The molecule has 2 aliphatic rings. The summed E-state index contributed by atoms with van der Waals surface area (Å²) in [4.78, 5) is 13.4. The van der Waals surface area contributed by atoms with Gasteiger partial charge in [0.2, 0.25) is 6.41 Å². The van der Waals surface area contributed by atoms with Crippen LogP contribution in [0.25, 0.3) is 0 Å². The second kappa shape index (κ2) is 8.47. The van der Waals surface area contributed by atoms with Gasteiger partial charge in [0.1, 0.15) is 5.82 Å². The fourth-order valence-electron chi connectivity index (χ4n) is 4.08. The topological polar surface area (TPSA) is 44.4 Å². The first-order valence-electron chi connectivity index (χ1n) is 9.26. The number of amides is 1. The van der Waals surface area contributed by atoms with Gasteiger partial charge in [0.25, 0.3) is 0 Å². The van der Waals surface area contributed by atoms with Crippen LogP contribution >= 0.6 is 0 Å². The summed E-state index contributed by atoms with van der Waals surface area (Å²) in [6.45, 7) is 2.21. The third-order valence-corrected chi connectivity index (χ3v) is 5.43. The smallest absolute Gasteiger partial charge is 0.211 e. The fourth-order valence-corrected chi connectivity index (χ4v) is 4.08. The maximum Gasteiger partial charge on any atom is 0.211 e. The van der Waals surface area contributed by atoms with E-state index in [2.05, 4.69) is 15.5 Å². The molecule has 1 aromatic carbocycles. The van der Waals surface area contributed by atoms with Crippen molar-refractivity contribution in [1.82, 2.24) is 4.90 Å². The van der Waals surface area contributed by atoms with Crippen molar-refractivity contribution >= 4 is 17.8 Å². The van der Waals surface area contributed by atoms with Crippen LogP contribution in [0.2, 0.25) is 0 Å². The lowest BCUT2D eigenvalue weighted by molar-refractivity contribution is -0.105. The highest BCUT2D eigenvalue weighted by Gasteiger charge is 2.25. The van der Waals surface area contributed by atoms with E-state index >= 15 is 0 Å². The van der Waals surface area contributed by atoms with Crippen molar-refractivity contribution in [3.05, 3.63) is 24.0 Å². The van der Waals surface area contributed by atoms with E-state index in [4.69, 9.17) is 0 Å². The summed E-state index contributed by atoms with van der Waals surface area (Å²) in [5, 5.41) is 6.06. The number of anilines is 2. The Balaban J connectivity index is 1.55. The summed E-state index contributed by atoms with van der Waals surface area (Å²) in [6.07, 6.45) is 11.0. The Bertz CT molecular complexity index is 535. The van der Waals surface area contributed by atoms with Crippen LogP contribution in [0.4, 0.5) is 15.8 Å². The van der Waals surface area contributed by atoms with Crippen molar-refractivity contribution in [2.24, 2.45) is 0 Å². The van der Waals surface area contributed by atoms with Crippen LogP contribution in [-0.2, 0) is 4.79 Å². The number of carbonyl (C=O) groups is 1. The molecular weight excluding hydrogens is 305 g/mol. The number of nitrogens with one attached hydrogen (secondary N) is 2. The minimum Gasteiger partial charge on any atom is -0.380 e. The largest absolute Gasteiger partial charge is 0.380 e. The van der Waals surface area contributed by atoms with Crippen LogP contribution in [0.5, 0.6) is 0 Å². The van der Waals surface area contributed by atoms with Crippen LogP contribution in [0.1, 0.15) is 51.4 Å². The second-order valence-electron chi connectivity index (χ2n) is 7.05. The quantitative estimate of drug-likeness (QED) is 0.632. The zero-order valence-corrected chi connectivity index (χ0v) is 14.3. The highest BCUT2D eigenvalue weighted by atomic mass is 19.1. The van der Waals surface area contributed by atoms with Crippen molar-refractivity contribution in [3.63, 3.8) is 0 Å². The van der Waals surface area contributed by atoms with Gasteiger partial charge in [0.15, 0.2) is 0 Å². The van der Waals surface area contributed by atoms with E-state index < -0.39 is 0 Å². The minimum absolute atomic E-state index is 0.287. The first-order chi connectivity index (χ1) is 11.8. The van der Waals surface area contributed by atoms with Crippen molar-refractivity contribution < 1.29 is 9.18 Å². The molecule has 1 amide bonds. The predicted octanol–water partition coefficient (Wildman–Crippen LogP) is 3.99. The lowest BCUT2D eigenvalue weighted by atomic mass is 9.99. The average Bonchev–Trinajstić information content (AvgIpc) is 2.87. The summed E-state index contributed by atoms with van der Waals surface area (Å²) in [5.41, 5.74) is 1.31. The van der Waals surface area contributed by atoms with Gasteiger partial charge in [0.05, 0.1) is 11.4 Å². The number of nitrogens with zero attached hydrogens (tertiary/aromatic N) is 1. The van der Waals surface area contributed by atoms with Crippen molar-refractivity contribution in [2.75, 3.05) is 23.7 Å². The Morgan fingerprint density at radius 1 is 1.00 bits per heavy atom. The van der Waals surface area contributed by atoms with Crippen LogP contribution in [0, 0.1) is 5.82 Å². The number of rotatable bonds is 5. The van der Waals surface area contributed by atoms with Crippen molar-refractivity contribution in [1.29, 1.82) is 0 Å². The first kappa shape index (κ1) is 17.2. The van der Waals surface area contributed by atoms with Gasteiger partial charge in [-0.05, 0) is 43.9 Å². The third-order valence-electron chi connectivity index (χ3n) is 5.43. The lowest BCUT2D eigenvalue weighted by Crippen LogP contribution is -2.44. The molecule has 2 fully saturated rings. The summed E-state index contributed by atoms with van der Waals surface area (Å²) in [6, 6.07) is 5.53. The van der Waals surface area contributed by atoms with Gasteiger partial charge in [-0.1, -0.05) is 25.7 Å². The fraction of sp³-hybridized carbons (Fsp3) is 0.632. The number of piperidine rings is 1. The van der Waals surface area contributed by atoms with Gasteiger partial charge in [0, 0.05) is 25.2 Å². The van der Waals surface area contributed by atoms with E-state index in [0.717, 1.165) is 32.0 Å².